The molecule has 3 N–H and O–H groups in total. The maximum atomic E-state index is 10.8. The van der Waals surface area contributed by atoms with Crippen molar-refractivity contribution in [1.29, 1.82) is 0 Å². The van der Waals surface area contributed by atoms with Gasteiger partial charge in [0.25, 0.3) is 0 Å². The summed E-state index contributed by atoms with van der Waals surface area (Å²) in [4.78, 5) is 10.8. The van der Waals surface area contributed by atoms with Crippen LogP contribution >= 0.6 is 10.9 Å². The molecule has 8 nitrogen and oxygen atoms in total. The van der Waals surface area contributed by atoms with Crippen molar-refractivity contribution in [1.82, 2.24) is 5.43 Å². The summed E-state index contributed by atoms with van der Waals surface area (Å²) in [5.74, 6) is 0.0904. The Bertz CT molecular complexity index is 410. The molecule has 0 aliphatic heterocycles. The molecule has 1 amide bonds. The molecule has 0 unspecified atom stereocenters. The highest BCUT2D eigenvalue weighted by Gasteiger charge is 2.10. The van der Waals surface area contributed by atoms with Crippen molar-refractivity contribution < 1.29 is 27.6 Å². The molecule has 1 heterocycles. The highest BCUT2D eigenvalue weighted by atomic mass is 32.3. The van der Waals surface area contributed by atoms with Crippen LogP contribution in [0.5, 0.6) is 0 Å². The van der Waals surface area contributed by atoms with Gasteiger partial charge in [-0.2, -0.15) is 5.10 Å². The van der Waals surface area contributed by atoms with Gasteiger partial charge >= 0.3 is 6.09 Å². The second-order valence-corrected chi connectivity index (χ2v) is 4.14. The van der Waals surface area contributed by atoms with Crippen LogP contribution in [0.1, 0.15) is 12.7 Å². The van der Waals surface area contributed by atoms with E-state index in [0.717, 1.165) is 12.3 Å². The molecular weight excluding hydrogens is 252 g/mol. The first kappa shape index (κ1) is 13.5. The lowest BCUT2D eigenvalue weighted by atomic mass is 10.5. The zero-order chi connectivity index (χ0) is 12.9. The van der Waals surface area contributed by atoms with Crippen LogP contribution in [0.2, 0.25) is 0 Å². The SMILES string of the molecule is CCOC(=O)N/N=C\c1ccc(S([O-])(O)O)o1. The third-order valence-corrected chi connectivity index (χ3v) is 2.23. The van der Waals surface area contributed by atoms with E-state index in [1.165, 1.54) is 6.07 Å². The number of ether oxygens (including phenoxy) is 1. The average Bonchev–Trinajstić information content (AvgIpc) is 2.66. The molecule has 0 fully saturated rings. The minimum absolute atomic E-state index is 0.0904. The van der Waals surface area contributed by atoms with E-state index in [-0.39, 0.29) is 12.4 Å². The van der Waals surface area contributed by atoms with Crippen LogP contribution in [-0.2, 0) is 4.74 Å². The molecule has 17 heavy (non-hydrogen) atoms. The van der Waals surface area contributed by atoms with E-state index >= 15 is 0 Å². The lowest BCUT2D eigenvalue weighted by Gasteiger charge is -2.29. The van der Waals surface area contributed by atoms with Gasteiger partial charge in [0.15, 0.2) is 5.09 Å². The third kappa shape index (κ3) is 4.44. The third-order valence-electron chi connectivity index (χ3n) is 1.49. The maximum Gasteiger partial charge on any atom is 0.427 e. The second kappa shape index (κ2) is 5.68. The number of nitrogens with zero attached hydrogens (tertiary/aromatic N) is 1. The summed E-state index contributed by atoms with van der Waals surface area (Å²) in [6, 6.07) is 2.42. The molecule has 0 aliphatic rings. The summed E-state index contributed by atoms with van der Waals surface area (Å²) < 4.78 is 37.5. The normalized spacial score (nSPS) is 12.7. The zero-order valence-corrected chi connectivity index (χ0v) is 9.64. The quantitative estimate of drug-likeness (QED) is 0.559. The van der Waals surface area contributed by atoms with Gasteiger partial charge in [0.05, 0.1) is 12.8 Å². The van der Waals surface area contributed by atoms with Crippen molar-refractivity contribution in [3.8, 4) is 0 Å². The van der Waals surface area contributed by atoms with Crippen molar-refractivity contribution in [3.63, 3.8) is 0 Å². The Kier molecular flexibility index (Phi) is 4.52. The lowest BCUT2D eigenvalue weighted by molar-refractivity contribution is 0.152. The minimum Gasteiger partial charge on any atom is -0.767 e. The van der Waals surface area contributed by atoms with Gasteiger partial charge in [-0.25, -0.2) is 10.2 Å². The van der Waals surface area contributed by atoms with Gasteiger partial charge in [-0.15, -0.1) is 0 Å². The zero-order valence-electron chi connectivity index (χ0n) is 8.82. The monoisotopic (exact) mass is 263 g/mol. The van der Waals surface area contributed by atoms with Crippen molar-refractivity contribution in [3.05, 3.63) is 17.9 Å². The first-order valence-electron chi connectivity index (χ1n) is 4.48. The fourth-order valence-corrected chi connectivity index (χ4v) is 1.31. The second-order valence-electron chi connectivity index (χ2n) is 2.74. The van der Waals surface area contributed by atoms with Crippen molar-refractivity contribution >= 4 is 23.2 Å². The Balaban J connectivity index is 2.55. The van der Waals surface area contributed by atoms with Gasteiger partial charge in [0, 0.05) is 0 Å². The van der Waals surface area contributed by atoms with Crippen molar-refractivity contribution in [2.45, 2.75) is 12.0 Å². The summed E-state index contributed by atoms with van der Waals surface area (Å²) in [5, 5.41) is 2.97. The Labute approximate surface area is 98.4 Å². The van der Waals surface area contributed by atoms with Gasteiger partial charge < -0.3 is 22.8 Å². The number of amides is 1. The number of rotatable bonds is 4. The van der Waals surface area contributed by atoms with E-state index in [9.17, 15) is 9.35 Å². The molecular formula is C8H11N2O6S-. The molecule has 1 aromatic rings. The summed E-state index contributed by atoms with van der Waals surface area (Å²) in [5.41, 5.74) is 2.03. The van der Waals surface area contributed by atoms with E-state index in [4.69, 9.17) is 13.5 Å². The van der Waals surface area contributed by atoms with E-state index in [0.29, 0.717) is 0 Å². The van der Waals surface area contributed by atoms with E-state index in [2.05, 4.69) is 9.84 Å². The van der Waals surface area contributed by atoms with Gasteiger partial charge in [-0.05, 0) is 29.9 Å². The van der Waals surface area contributed by atoms with Crippen molar-refractivity contribution in [2.75, 3.05) is 6.61 Å². The van der Waals surface area contributed by atoms with Crippen LogP contribution in [-0.4, -0.2) is 32.6 Å². The van der Waals surface area contributed by atoms with Gasteiger partial charge in [-0.1, -0.05) is 0 Å². The van der Waals surface area contributed by atoms with Crippen LogP contribution in [0.15, 0.2) is 26.7 Å². The summed E-state index contributed by atoms with van der Waals surface area (Å²) in [7, 11) is -4.12. The van der Waals surface area contributed by atoms with E-state index < -0.39 is 22.1 Å². The van der Waals surface area contributed by atoms with E-state index in [1.807, 2.05) is 5.43 Å². The predicted octanol–water partition coefficient (Wildman–Crippen LogP) is 1.60. The number of carbonyl (C=O) groups excluding carboxylic acids is 1. The molecule has 0 bridgehead atoms. The molecule has 0 atom stereocenters. The van der Waals surface area contributed by atoms with Gasteiger partial charge in [-0.3, -0.25) is 0 Å². The molecule has 96 valence electrons. The number of hydrogen-bond donors (Lipinski definition) is 3. The van der Waals surface area contributed by atoms with E-state index in [1.54, 1.807) is 6.92 Å². The topological polar surface area (TPSA) is 127 Å². The molecule has 0 aromatic carbocycles. The number of hydrogen-bond acceptors (Lipinski definition) is 7. The first-order valence-corrected chi connectivity index (χ1v) is 5.95. The lowest BCUT2D eigenvalue weighted by Crippen LogP contribution is -2.18. The molecule has 0 aliphatic carbocycles. The Morgan fingerprint density at radius 2 is 2.41 bits per heavy atom. The highest BCUT2D eigenvalue weighted by molar-refractivity contribution is 8.19. The Morgan fingerprint density at radius 3 is 2.94 bits per heavy atom. The Morgan fingerprint density at radius 1 is 1.71 bits per heavy atom. The van der Waals surface area contributed by atoms with Crippen LogP contribution in [0, 0.1) is 0 Å². The predicted molar refractivity (Wildman–Crippen MR) is 58.4 cm³/mol. The van der Waals surface area contributed by atoms with Crippen LogP contribution in [0.4, 0.5) is 4.79 Å². The number of furan rings is 1. The fourth-order valence-electron chi connectivity index (χ4n) is 0.859. The summed E-state index contributed by atoms with van der Waals surface area (Å²) in [6.45, 7) is 1.85. The maximum absolute atomic E-state index is 10.8. The molecule has 1 aromatic heterocycles. The standard InChI is InChI=1S/C8H12N2O6S/c1-2-15-8(11)10-9-5-6-3-4-7(16-6)17(12,13)14/h3-5,12-14H,2H2,1H3,(H,10,11)/p-1/b9-5-. The smallest absolute Gasteiger partial charge is 0.427 e. The van der Waals surface area contributed by atoms with Crippen molar-refractivity contribution in [2.24, 2.45) is 5.10 Å². The molecule has 0 radical (unpaired) electrons. The summed E-state index contributed by atoms with van der Waals surface area (Å²) in [6.07, 6.45) is 0.356. The fraction of sp³-hybridized carbons (Fsp3) is 0.250. The summed E-state index contributed by atoms with van der Waals surface area (Å²) >= 11 is 0. The first-order chi connectivity index (χ1) is 7.93. The van der Waals surface area contributed by atoms with Crippen LogP contribution in [0.3, 0.4) is 0 Å². The largest absolute Gasteiger partial charge is 0.767 e. The average molecular weight is 263 g/mol. The minimum atomic E-state index is -4.12. The molecule has 9 heteroatoms. The number of carbonyl (C=O) groups is 1. The van der Waals surface area contributed by atoms with Crippen LogP contribution in [0.25, 0.3) is 0 Å². The molecule has 0 saturated carbocycles. The highest BCUT2D eigenvalue weighted by Crippen LogP contribution is 2.43. The van der Waals surface area contributed by atoms with Crippen LogP contribution < -0.4 is 5.43 Å². The molecule has 1 rings (SSSR count). The molecule has 0 saturated heterocycles. The van der Waals surface area contributed by atoms with Gasteiger partial charge in [0.2, 0.25) is 0 Å². The van der Waals surface area contributed by atoms with Gasteiger partial charge in [0.1, 0.15) is 5.76 Å². The number of nitrogens with one attached hydrogen (secondary N) is 1. The number of hydrazone groups is 1. The Hall–Kier alpha value is -1.55. The molecule has 0 spiro atoms.